The number of esters is 1. The Labute approximate surface area is 116 Å². The van der Waals surface area contributed by atoms with Gasteiger partial charge in [-0.15, -0.1) is 0 Å². The molecule has 0 spiro atoms. The summed E-state index contributed by atoms with van der Waals surface area (Å²) in [5, 5.41) is 19.9. The summed E-state index contributed by atoms with van der Waals surface area (Å²) in [6.07, 6.45) is -4.98. The Bertz CT molecular complexity index is 608. The molecule has 21 heavy (non-hydrogen) atoms. The van der Waals surface area contributed by atoms with E-state index in [0.29, 0.717) is 6.07 Å². The third-order valence-corrected chi connectivity index (χ3v) is 2.52. The maximum Gasteiger partial charge on any atom is 0.423 e. The zero-order valence-electron chi connectivity index (χ0n) is 10.7. The Balaban J connectivity index is 3.53. The lowest BCUT2D eigenvalue weighted by Crippen LogP contribution is -2.18. The lowest BCUT2D eigenvalue weighted by Gasteiger charge is -2.13. The van der Waals surface area contributed by atoms with Gasteiger partial charge in [0, 0.05) is 0 Å². The van der Waals surface area contributed by atoms with Gasteiger partial charge in [0.25, 0.3) is 5.69 Å². The average molecular weight is 302 g/mol. The van der Waals surface area contributed by atoms with Crippen LogP contribution in [-0.4, -0.2) is 17.5 Å². The van der Waals surface area contributed by atoms with Crippen LogP contribution in [0.25, 0.3) is 0 Å². The first-order valence-electron chi connectivity index (χ1n) is 5.64. The zero-order chi connectivity index (χ0) is 16.2. The lowest BCUT2D eigenvalue weighted by atomic mass is 9.95. The lowest BCUT2D eigenvalue weighted by molar-refractivity contribution is -0.388. The maximum atomic E-state index is 12.8. The summed E-state index contributed by atoms with van der Waals surface area (Å²) in [4.78, 5) is 21.2. The molecule has 1 aromatic rings. The molecule has 1 rings (SSSR count). The van der Waals surface area contributed by atoms with Gasteiger partial charge in [-0.3, -0.25) is 14.9 Å². The highest BCUT2D eigenvalue weighted by Crippen LogP contribution is 2.40. The number of ether oxygens (including phenoxy) is 1. The molecule has 112 valence electrons. The van der Waals surface area contributed by atoms with Crippen LogP contribution in [0.15, 0.2) is 18.2 Å². The molecule has 9 heteroatoms. The number of nitrogens with zero attached hydrogens (tertiary/aromatic N) is 2. The second-order valence-corrected chi connectivity index (χ2v) is 3.81. The molecule has 0 aliphatic heterocycles. The summed E-state index contributed by atoms with van der Waals surface area (Å²) in [6.45, 7) is 1.33. The van der Waals surface area contributed by atoms with Gasteiger partial charge in [0.15, 0.2) is 5.92 Å². The highest BCUT2D eigenvalue weighted by molar-refractivity contribution is 5.83. The third kappa shape index (κ3) is 3.47. The molecule has 1 aromatic carbocycles. The number of carbonyl (C=O) groups is 1. The molecule has 0 radical (unpaired) electrons. The summed E-state index contributed by atoms with van der Waals surface area (Å²) in [7, 11) is 0. The highest BCUT2D eigenvalue weighted by atomic mass is 19.4. The standard InChI is InChI=1S/C12H9F3N2O4/c1-2-21-11(18)8(6-16)7-4-3-5-9(12(13,14)15)10(7)17(19)20/h3-5,8H,2H2,1H3. The van der Waals surface area contributed by atoms with Gasteiger partial charge in [-0.25, -0.2) is 0 Å². The first kappa shape index (κ1) is 16.4. The Kier molecular flexibility index (Phi) is 4.86. The van der Waals surface area contributed by atoms with Gasteiger partial charge in [-0.2, -0.15) is 18.4 Å². The molecule has 0 bridgehead atoms. The van der Waals surface area contributed by atoms with E-state index in [-0.39, 0.29) is 6.61 Å². The van der Waals surface area contributed by atoms with Gasteiger partial charge in [0.1, 0.15) is 5.56 Å². The van der Waals surface area contributed by atoms with E-state index < -0.39 is 39.8 Å². The van der Waals surface area contributed by atoms with Crippen LogP contribution in [0.4, 0.5) is 18.9 Å². The third-order valence-electron chi connectivity index (χ3n) is 2.52. The predicted octanol–water partition coefficient (Wildman–Crippen LogP) is 2.78. The first-order chi connectivity index (χ1) is 9.73. The molecule has 0 fully saturated rings. The van der Waals surface area contributed by atoms with Crippen molar-refractivity contribution < 1.29 is 27.6 Å². The SMILES string of the molecule is CCOC(=O)C(C#N)c1cccc(C(F)(F)F)c1[N+](=O)[O-]. The number of carbonyl (C=O) groups excluding carboxylic acids is 1. The molecule has 0 aromatic heterocycles. The number of nitro benzene ring substituents is 1. The van der Waals surface area contributed by atoms with E-state index in [1.54, 1.807) is 0 Å². The quantitative estimate of drug-likeness (QED) is 0.484. The number of nitriles is 1. The van der Waals surface area contributed by atoms with Crippen LogP contribution in [0.1, 0.15) is 24.0 Å². The highest BCUT2D eigenvalue weighted by Gasteiger charge is 2.42. The van der Waals surface area contributed by atoms with E-state index in [1.165, 1.54) is 13.0 Å². The Hall–Kier alpha value is -2.63. The van der Waals surface area contributed by atoms with Crippen LogP contribution in [0.2, 0.25) is 0 Å². The Morgan fingerprint density at radius 3 is 2.57 bits per heavy atom. The minimum Gasteiger partial charge on any atom is -0.465 e. The summed E-state index contributed by atoms with van der Waals surface area (Å²) < 4.78 is 42.9. The molecular weight excluding hydrogens is 293 g/mol. The normalized spacial score (nSPS) is 12.3. The first-order valence-corrected chi connectivity index (χ1v) is 5.64. The minimum absolute atomic E-state index is 0.107. The summed E-state index contributed by atoms with van der Waals surface area (Å²) in [5.41, 5.74) is -3.48. The maximum absolute atomic E-state index is 12.8. The van der Waals surface area contributed by atoms with E-state index in [1.807, 2.05) is 0 Å². The fourth-order valence-electron chi connectivity index (χ4n) is 1.70. The molecule has 0 aliphatic carbocycles. The van der Waals surface area contributed by atoms with Gasteiger partial charge >= 0.3 is 12.1 Å². The largest absolute Gasteiger partial charge is 0.465 e. The Morgan fingerprint density at radius 1 is 1.52 bits per heavy atom. The van der Waals surface area contributed by atoms with E-state index in [9.17, 15) is 28.1 Å². The molecule has 0 aliphatic rings. The molecule has 0 saturated heterocycles. The van der Waals surface area contributed by atoms with Crippen molar-refractivity contribution in [2.45, 2.75) is 19.0 Å². The van der Waals surface area contributed by atoms with Gasteiger partial charge < -0.3 is 4.74 Å². The number of halogens is 3. The number of nitro groups is 1. The Morgan fingerprint density at radius 2 is 2.14 bits per heavy atom. The summed E-state index contributed by atoms with van der Waals surface area (Å²) in [6, 6.07) is 3.77. The average Bonchev–Trinajstić information content (AvgIpc) is 2.38. The van der Waals surface area contributed by atoms with Crippen LogP contribution in [0, 0.1) is 21.4 Å². The molecule has 1 atom stereocenters. The molecule has 1 unspecified atom stereocenters. The molecule has 6 nitrogen and oxygen atoms in total. The van der Waals surface area contributed by atoms with Crippen molar-refractivity contribution >= 4 is 11.7 Å². The van der Waals surface area contributed by atoms with Gasteiger partial charge in [-0.05, 0) is 13.0 Å². The van der Waals surface area contributed by atoms with E-state index in [0.717, 1.165) is 12.1 Å². The number of hydrogen-bond donors (Lipinski definition) is 0. The van der Waals surface area contributed by atoms with E-state index in [4.69, 9.17) is 5.26 Å². The van der Waals surface area contributed by atoms with Crippen molar-refractivity contribution in [3.8, 4) is 6.07 Å². The number of rotatable bonds is 4. The monoisotopic (exact) mass is 302 g/mol. The summed E-state index contributed by atoms with van der Waals surface area (Å²) >= 11 is 0. The van der Waals surface area contributed by atoms with Crippen LogP contribution in [0.5, 0.6) is 0 Å². The number of benzene rings is 1. The van der Waals surface area contributed by atoms with Gasteiger partial charge in [0.2, 0.25) is 0 Å². The van der Waals surface area contributed by atoms with Crippen LogP contribution < -0.4 is 0 Å². The second kappa shape index (κ2) is 6.21. The molecule has 0 amide bonds. The number of alkyl halides is 3. The van der Waals surface area contributed by atoms with E-state index in [2.05, 4.69) is 4.74 Å². The van der Waals surface area contributed by atoms with Crippen molar-refractivity contribution in [1.29, 1.82) is 5.26 Å². The van der Waals surface area contributed by atoms with Crippen LogP contribution in [0.3, 0.4) is 0 Å². The molecular formula is C12H9F3N2O4. The smallest absolute Gasteiger partial charge is 0.423 e. The molecule has 0 N–H and O–H groups in total. The minimum atomic E-state index is -4.98. The van der Waals surface area contributed by atoms with Crippen LogP contribution >= 0.6 is 0 Å². The van der Waals surface area contributed by atoms with E-state index >= 15 is 0 Å². The predicted molar refractivity (Wildman–Crippen MR) is 63.1 cm³/mol. The fourth-order valence-corrected chi connectivity index (χ4v) is 1.70. The second-order valence-electron chi connectivity index (χ2n) is 3.81. The number of para-hydroxylation sites is 1. The van der Waals surface area contributed by atoms with Gasteiger partial charge in [-0.1, -0.05) is 12.1 Å². The zero-order valence-corrected chi connectivity index (χ0v) is 10.7. The van der Waals surface area contributed by atoms with Crippen molar-refractivity contribution in [2.75, 3.05) is 6.61 Å². The van der Waals surface area contributed by atoms with Crippen molar-refractivity contribution in [3.05, 3.63) is 39.4 Å². The van der Waals surface area contributed by atoms with Crippen molar-refractivity contribution in [2.24, 2.45) is 0 Å². The topological polar surface area (TPSA) is 93.2 Å². The fraction of sp³-hybridized carbons (Fsp3) is 0.333. The summed E-state index contributed by atoms with van der Waals surface area (Å²) in [5.74, 6) is -2.94. The number of hydrogen-bond acceptors (Lipinski definition) is 5. The van der Waals surface area contributed by atoms with Crippen LogP contribution in [-0.2, 0) is 15.7 Å². The molecule has 0 saturated carbocycles. The van der Waals surface area contributed by atoms with Gasteiger partial charge in [0.05, 0.1) is 23.2 Å². The molecule has 0 heterocycles. The van der Waals surface area contributed by atoms with Crippen molar-refractivity contribution in [1.82, 2.24) is 0 Å². The van der Waals surface area contributed by atoms with Crippen molar-refractivity contribution in [3.63, 3.8) is 0 Å².